The summed E-state index contributed by atoms with van der Waals surface area (Å²) in [5.41, 5.74) is 0.630. The quantitative estimate of drug-likeness (QED) is 0.641. The fraction of sp³-hybridized carbons (Fsp3) is 0.222. The molecule has 14 heavy (non-hydrogen) atoms. The molecule has 0 aromatic heterocycles. The van der Waals surface area contributed by atoms with Crippen molar-refractivity contribution in [3.63, 3.8) is 0 Å². The summed E-state index contributed by atoms with van der Waals surface area (Å²) >= 11 is 13.2. The Hall–Kier alpha value is -0.380. The van der Waals surface area contributed by atoms with E-state index in [1.807, 2.05) is 6.26 Å². The first-order valence-corrected chi connectivity index (χ1v) is 5.74. The van der Waals surface area contributed by atoms with Crippen LogP contribution in [0.4, 0.5) is 0 Å². The Morgan fingerprint density at radius 3 is 2.50 bits per heavy atom. The Morgan fingerprint density at radius 1 is 1.36 bits per heavy atom. The SMILES string of the molecule is COc1cc(Cl)c(C(=N)SC)cc1Cl. The van der Waals surface area contributed by atoms with E-state index in [2.05, 4.69) is 0 Å². The average molecular weight is 250 g/mol. The number of hydrogen-bond acceptors (Lipinski definition) is 3. The summed E-state index contributed by atoms with van der Waals surface area (Å²) in [7, 11) is 1.52. The van der Waals surface area contributed by atoms with Crippen LogP contribution in [0.5, 0.6) is 5.75 Å². The minimum absolute atomic E-state index is 0.388. The molecule has 0 aliphatic rings. The molecule has 0 fully saturated rings. The third kappa shape index (κ3) is 2.35. The van der Waals surface area contributed by atoms with Gasteiger partial charge in [0.15, 0.2) is 0 Å². The summed E-state index contributed by atoms with van der Waals surface area (Å²) < 4.78 is 5.00. The van der Waals surface area contributed by atoms with Gasteiger partial charge >= 0.3 is 0 Å². The van der Waals surface area contributed by atoms with Gasteiger partial charge in [-0.2, -0.15) is 0 Å². The zero-order valence-corrected chi connectivity index (χ0v) is 10.1. The Bertz CT molecular complexity index is 368. The van der Waals surface area contributed by atoms with Crippen LogP contribution in [-0.2, 0) is 0 Å². The van der Waals surface area contributed by atoms with Crippen molar-refractivity contribution in [2.75, 3.05) is 13.4 Å². The second-order valence-electron chi connectivity index (χ2n) is 2.50. The molecule has 0 unspecified atom stereocenters. The average Bonchev–Trinajstić information content (AvgIpc) is 2.19. The number of thioether (sulfide) groups is 1. The summed E-state index contributed by atoms with van der Waals surface area (Å²) in [6.45, 7) is 0. The van der Waals surface area contributed by atoms with Gasteiger partial charge in [-0.05, 0) is 12.3 Å². The van der Waals surface area contributed by atoms with Crippen LogP contribution in [0.15, 0.2) is 12.1 Å². The molecular formula is C9H9Cl2NOS. The van der Waals surface area contributed by atoms with E-state index in [0.29, 0.717) is 26.4 Å². The molecule has 76 valence electrons. The minimum Gasteiger partial charge on any atom is -0.495 e. The highest BCUT2D eigenvalue weighted by Crippen LogP contribution is 2.32. The van der Waals surface area contributed by atoms with Gasteiger partial charge in [-0.15, -0.1) is 11.8 Å². The number of halogens is 2. The zero-order chi connectivity index (χ0) is 10.7. The van der Waals surface area contributed by atoms with Crippen molar-refractivity contribution in [2.24, 2.45) is 0 Å². The number of hydrogen-bond donors (Lipinski definition) is 1. The van der Waals surface area contributed by atoms with E-state index in [0.717, 1.165) is 0 Å². The molecule has 0 atom stereocenters. The number of ether oxygens (including phenoxy) is 1. The maximum absolute atomic E-state index is 7.62. The third-order valence-electron chi connectivity index (χ3n) is 1.69. The van der Waals surface area contributed by atoms with Crippen molar-refractivity contribution in [1.82, 2.24) is 0 Å². The van der Waals surface area contributed by atoms with E-state index in [1.54, 1.807) is 12.1 Å². The first-order valence-electron chi connectivity index (χ1n) is 3.76. The lowest BCUT2D eigenvalue weighted by molar-refractivity contribution is 0.415. The number of benzene rings is 1. The molecule has 1 rings (SSSR count). The lowest BCUT2D eigenvalue weighted by Crippen LogP contribution is -1.95. The molecule has 5 heteroatoms. The van der Waals surface area contributed by atoms with Crippen LogP contribution in [0.25, 0.3) is 0 Å². The van der Waals surface area contributed by atoms with E-state index in [-0.39, 0.29) is 0 Å². The summed E-state index contributed by atoms with van der Waals surface area (Å²) in [6, 6.07) is 3.26. The fourth-order valence-electron chi connectivity index (χ4n) is 0.969. The van der Waals surface area contributed by atoms with Gasteiger partial charge in [0.1, 0.15) is 5.75 Å². The normalized spacial score (nSPS) is 10.0. The highest BCUT2D eigenvalue weighted by molar-refractivity contribution is 8.13. The minimum atomic E-state index is 0.388. The predicted octanol–water partition coefficient (Wildman–Crippen LogP) is 3.69. The van der Waals surface area contributed by atoms with Gasteiger partial charge in [0, 0.05) is 11.6 Å². The van der Waals surface area contributed by atoms with Crippen molar-refractivity contribution in [2.45, 2.75) is 0 Å². The van der Waals surface area contributed by atoms with Crippen LogP contribution in [0, 0.1) is 5.41 Å². The summed E-state index contributed by atoms with van der Waals surface area (Å²) in [5.74, 6) is 0.523. The molecule has 0 aliphatic carbocycles. The molecule has 0 bridgehead atoms. The van der Waals surface area contributed by atoms with Gasteiger partial charge < -0.3 is 4.74 Å². The van der Waals surface area contributed by atoms with E-state index in [1.165, 1.54) is 18.9 Å². The monoisotopic (exact) mass is 249 g/mol. The summed E-state index contributed by atoms with van der Waals surface area (Å²) in [5, 5.41) is 8.95. The highest BCUT2D eigenvalue weighted by atomic mass is 35.5. The molecule has 2 nitrogen and oxygen atoms in total. The number of rotatable bonds is 2. The first kappa shape index (κ1) is 11.7. The van der Waals surface area contributed by atoms with Gasteiger partial charge in [-0.25, -0.2) is 0 Å². The van der Waals surface area contributed by atoms with E-state index in [9.17, 15) is 0 Å². The van der Waals surface area contributed by atoms with Crippen LogP contribution in [0.1, 0.15) is 5.56 Å². The van der Waals surface area contributed by atoms with Crippen LogP contribution in [0.3, 0.4) is 0 Å². The largest absolute Gasteiger partial charge is 0.495 e. The summed E-state index contributed by atoms with van der Waals surface area (Å²) in [6.07, 6.45) is 1.82. The van der Waals surface area contributed by atoms with Crippen molar-refractivity contribution in [3.8, 4) is 5.75 Å². The lowest BCUT2D eigenvalue weighted by Gasteiger charge is -2.08. The Balaban J connectivity index is 3.21. The van der Waals surface area contributed by atoms with Crippen molar-refractivity contribution in [1.29, 1.82) is 5.41 Å². The third-order valence-corrected chi connectivity index (χ3v) is 2.93. The van der Waals surface area contributed by atoms with Crippen LogP contribution >= 0.6 is 35.0 Å². The summed E-state index contributed by atoms with van der Waals surface area (Å²) in [4.78, 5) is 0. The molecule has 1 N–H and O–H groups in total. The van der Waals surface area contributed by atoms with Crippen molar-refractivity contribution < 1.29 is 4.74 Å². The van der Waals surface area contributed by atoms with Gasteiger partial charge in [-0.1, -0.05) is 23.2 Å². The molecule has 0 saturated heterocycles. The molecule has 1 aromatic carbocycles. The Labute approximate surface area is 97.1 Å². The van der Waals surface area contributed by atoms with Gasteiger partial charge in [0.25, 0.3) is 0 Å². The van der Waals surface area contributed by atoms with E-state index < -0.39 is 0 Å². The fourth-order valence-corrected chi connectivity index (χ4v) is 1.90. The molecule has 0 heterocycles. The second-order valence-corrected chi connectivity index (χ2v) is 4.13. The highest BCUT2D eigenvalue weighted by Gasteiger charge is 2.10. The van der Waals surface area contributed by atoms with Crippen LogP contribution in [-0.4, -0.2) is 18.4 Å². The maximum atomic E-state index is 7.62. The van der Waals surface area contributed by atoms with Gasteiger partial charge in [0.2, 0.25) is 0 Å². The van der Waals surface area contributed by atoms with Gasteiger partial charge in [0.05, 0.1) is 22.2 Å². The number of nitrogens with one attached hydrogen (secondary N) is 1. The topological polar surface area (TPSA) is 33.1 Å². The molecule has 0 spiro atoms. The molecule has 0 amide bonds. The molecule has 1 aromatic rings. The van der Waals surface area contributed by atoms with E-state index >= 15 is 0 Å². The lowest BCUT2D eigenvalue weighted by atomic mass is 10.2. The van der Waals surface area contributed by atoms with Gasteiger partial charge in [-0.3, -0.25) is 5.41 Å². The first-order chi connectivity index (χ1) is 6.60. The molecule has 0 radical (unpaired) electrons. The predicted molar refractivity (Wildman–Crippen MR) is 63.4 cm³/mol. The number of methoxy groups -OCH3 is 1. The molecule has 0 saturated carbocycles. The van der Waals surface area contributed by atoms with Crippen molar-refractivity contribution in [3.05, 3.63) is 27.7 Å². The molecule has 0 aliphatic heterocycles. The van der Waals surface area contributed by atoms with E-state index in [4.69, 9.17) is 33.3 Å². The Kier molecular flexibility index (Phi) is 4.11. The Morgan fingerprint density at radius 2 is 2.00 bits per heavy atom. The molecular weight excluding hydrogens is 241 g/mol. The second kappa shape index (κ2) is 4.91. The maximum Gasteiger partial charge on any atom is 0.138 e. The smallest absolute Gasteiger partial charge is 0.138 e. The standard InChI is InChI=1S/C9H9Cl2NOS/c1-13-8-4-6(10)5(3-7(8)11)9(12)14-2/h3-4,12H,1-2H3. The van der Waals surface area contributed by atoms with Crippen molar-refractivity contribution >= 4 is 40.0 Å². The zero-order valence-electron chi connectivity index (χ0n) is 7.73. The van der Waals surface area contributed by atoms with Crippen LogP contribution < -0.4 is 4.74 Å². The van der Waals surface area contributed by atoms with Crippen LogP contribution in [0.2, 0.25) is 10.0 Å².